The number of nitrogen functional groups attached to an aromatic ring is 1. The molecule has 0 bridgehead atoms. The highest BCUT2D eigenvalue weighted by Gasteiger charge is 2.28. The van der Waals surface area contributed by atoms with E-state index in [0.717, 1.165) is 4.57 Å². The van der Waals surface area contributed by atoms with Gasteiger partial charge in [-0.25, -0.2) is 9.18 Å². The minimum absolute atomic E-state index is 0.0914. The number of ether oxygens (including phenoxy) is 1. The van der Waals surface area contributed by atoms with Crippen molar-refractivity contribution in [3.05, 3.63) is 34.4 Å². The van der Waals surface area contributed by atoms with Crippen molar-refractivity contribution in [3.63, 3.8) is 0 Å². The van der Waals surface area contributed by atoms with Crippen LogP contribution in [-0.2, 0) is 4.74 Å². The van der Waals surface area contributed by atoms with Crippen LogP contribution in [0.5, 0.6) is 0 Å². The van der Waals surface area contributed by atoms with Crippen molar-refractivity contribution in [2.45, 2.75) is 12.3 Å². The largest absolute Gasteiger partial charge is 0.393 e. The molecule has 7 heteroatoms. The lowest BCUT2D eigenvalue weighted by molar-refractivity contribution is -0.0159. The Labute approximate surface area is 96.1 Å². The average Bonchev–Trinajstić information content (AvgIpc) is 2.72. The Bertz CT molecular complexity index is 500. The van der Waals surface area contributed by atoms with E-state index < -0.39 is 24.7 Å². The van der Waals surface area contributed by atoms with Crippen LogP contribution in [0.25, 0.3) is 0 Å². The lowest BCUT2D eigenvalue weighted by Gasteiger charge is -2.17. The van der Waals surface area contributed by atoms with Crippen molar-refractivity contribution in [1.82, 2.24) is 9.55 Å². The maximum absolute atomic E-state index is 12.8. The van der Waals surface area contributed by atoms with E-state index in [9.17, 15) is 9.18 Å². The van der Waals surface area contributed by atoms with Gasteiger partial charge in [0, 0.05) is 11.8 Å². The average molecular weight is 241 g/mol. The zero-order chi connectivity index (χ0) is 12.4. The van der Waals surface area contributed by atoms with Crippen LogP contribution in [0, 0.1) is 0 Å². The number of aliphatic hydroxyl groups is 1. The first-order valence-corrected chi connectivity index (χ1v) is 5.03. The Kier molecular flexibility index (Phi) is 3.21. The summed E-state index contributed by atoms with van der Waals surface area (Å²) in [4.78, 5) is 15.1. The number of alkyl halides is 1. The summed E-state index contributed by atoms with van der Waals surface area (Å²) in [5.74, 6) is 0.0914. The fraction of sp³-hybridized carbons (Fsp3) is 0.400. The van der Waals surface area contributed by atoms with E-state index in [1.807, 2.05) is 0 Å². The highest BCUT2D eigenvalue weighted by Crippen LogP contribution is 2.27. The van der Waals surface area contributed by atoms with E-state index in [0.29, 0.717) is 0 Å². The maximum atomic E-state index is 12.8. The number of hydrogen-bond donors (Lipinski definition) is 2. The summed E-state index contributed by atoms with van der Waals surface area (Å²) < 4.78 is 19.2. The van der Waals surface area contributed by atoms with Gasteiger partial charge in [-0.2, -0.15) is 4.98 Å². The summed E-state index contributed by atoms with van der Waals surface area (Å²) in [6.07, 6.45) is 1.39. The smallest absolute Gasteiger partial charge is 0.351 e. The van der Waals surface area contributed by atoms with Crippen molar-refractivity contribution in [1.29, 1.82) is 0 Å². The molecule has 0 aliphatic carbocycles. The minimum atomic E-state index is -0.863. The van der Waals surface area contributed by atoms with Crippen molar-refractivity contribution >= 4 is 5.82 Å². The van der Waals surface area contributed by atoms with E-state index in [1.54, 1.807) is 0 Å². The molecule has 1 aromatic heterocycles. The van der Waals surface area contributed by atoms with Crippen molar-refractivity contribution in [3.8, 4) is 0 Å². The first-order valence-electron chi connectivity index (χ1n) is 5.03. The van der Waals surface area contributed by atoms with Crippen LogP contribution in [0.2, 0.25) is 0 Å². The van der Waals surface area contributed by atoms with E-state index in [4.69, 9.17) is 15.6 Å². The summed E-state index contributed by atoms with van der Waals surface area (Å²) in [7, 11) is 0. The first-order chi connectivity index (χ1) is 8.15. The maximum Gasteiger partial charge on any atom is 0.351 e. The normalized spacial score (nSPS) is 23.8. The number of rotatable bonds is 3. The molecule has 0 spiro atoms. The number of hydrogen-bond acceptors (Lipinski definition) is 5. The number of anilines is 1. The lowest BCUT2D eigenvalue weighted by atomic mass is 10.2. The molecule has 92 valence electrons. The lowest BCUT2D eigenvalue weighted by Crippen LogP contribution is -2.29. The topological polar surface area (TPSA) is 90.4 Å². The van der Waals surface area contributed by atoms with Gasteiger partial charge >= 0.3 is 5.69 Å². The Morgan fingerprint density at radius 1 is 1.65 bits per heavy atom. The molecule has 1 aromatic rings. The summed E-state index contributed by atoms with van der Waals surface area (Å²) in [5, 5.41) is 8.94. The second kappa shape index (κ2) is 4.64. The summed E-state index contributed by atoms with van der Waals surface area (Å²) >= 11 is 0. The van der Waals surface area contributed by atoms with Crippen LogP contribution < -0.4 is 11.4 Å². The fourth-order valence-corrected chi connectivity index (χ4v) is 1.67. The van der Waals surface area contributed by atoms with Crippen LogP contribution in [0.1, 0.15) is 6.23 Å². The van der Waals surface area contributed by atoms with E-state index in [-0.39, 0.29) is 18.0 Å². The molecule has 0 unspecified atom stereocenters. The van der Waals surface area contributed by atoms with E-state index in [2.05, 4.69) is 4.98 Å². The minimum Gasteiger partial charge on any atom is -0.393 e. The van der Waals surface area contributed by atoms with E-state index >= 15 is 0 Å². The standard InChI is InChI=1S/C10H12FN3O3/c11-4-6-3-7(5-15)17-9(6)14-2-1-8(12)13-10(14)16/h1-3,7,9,15H,4-5H2,(H2,12,13,16)/t7-,9+/m0/s1. The van der Waals surface area contributed by atoms with Gasteiger partial charge in [-0.15, -0.1) is 0 Å². The molecule has 0 saturated heterocycles. The molecule has 0 fully saturated rings. The molecule has 1 aliphatic rings. The first kappa shape index (κ1) is 11.7. The molecular formula is C10H12FN3O3. The number of nitrogens with two attached hydrogens (primary N) is 1. The molecule has 1 aliphatic heterocycles. The molecule has 17 heavy (non-hydrogen) atoms. The molecule has 2 heterocycles. The van der Waals surface area contributed by atoms with Gasteiger partial charge in [-0.3, -0.25) is 4.57 Å². The van der Waals surface area contributed by atoms with Gasteiger partial charge in [0.15, 0.2) is 6.23 Å². The zero-order valence-electron chi connectivity index (χ0n) is 8.91. The van der Waals surface area contributed by atoms with Crippen LogP contribution in [0.15, 0.2) is 28.7 Å². The summed E-state index contributed by atoms with van der Waals surface area (Å²) in [5.41, 5.74) is 5.02. The molecule has 6 nitrogen and oxygen atoms in total. The molecule has 2 rings (SSSR count). The Balaban J connectivity index is 2.35. The van der Waals surface area contributed by atoms with E-state index in [1.165, 1.54) is 18.3 Å². The molecule has 0 aromatic carbocycles. The predicted molar refractivity (Wildman–Crippen MR) is 58.0 cm³/mol. The third-order valence-corrected chi connectivity index (χ3v) is 2.46. The molecule has 0 saturated carbocycles. The Morgan fingerprint density at radius 2 is 2.41 bits per heavy atom. The quantitative estimate of drug-likeness (QED) is 0.703. The molecule has 3 N–H and O–H groups in total. The van der Waals surface area contributed by atoms with Crippen molar-refractivity contribution in [2.75, 3.05) is 19.0 Å². The molecular weight excluding hydrogens is 229 g/mol. The Hall–Kier alpha value is -1.73. The van der Waals surface area contributed by atoms with Gasteiger partial charge in [0.2, 0.25) is 0 Å². The Morgan fingerprint density at radius 3 is 3.00 bits per heavy atom. The predicted octanol–water partition coefficient (Wildman–Crippen LogP) is -0.389. The third-order valence-electron chi connectivity index (χ3n) is 2.46. The summed E-state index contributed by atoms with van der Waals surface area (Å²) in [6.45, 7) is -1.02. The van der Waals surface area contributed by atoms with Crippen LogP contribution in [-0.4, -0.2) is 34.0 Å². The van der Waals surface area contributed by atoms with Gasteiger partial charge in [-0.05, 0) is 12.1 Å². The van der Waals surface area contributed by atoms with Gasteiger partial charge in [0.25, 0.3) is 0 Å². The van der Waals surface area contributed by atoms with Gasteiger partial charge < -0.3 is 15.6 Å². The number of aliphatic hydroxyl groups excluding tert-OH is 1. The van der Waals surface area contributed by atoms with Crippen molar-refractivity contribution < 1.29 is 14.2 Å². The monoisotopic (exact) mass is 241 g/mol. The zero-order valence-corrected chi connectivity index (χ0v) is 8.91. The highest BCUT2D eigenvalue weighted by atomic mass is 19.1. The van der Waals surface area contributed by atoms with Crippen LogP contribution in [0.4, 0.5) is 10.2 Å². The van der Waals surface area contributed by atoms with Crippen LogP contribution >= 0.6 is 0 Å². The number of nitrogens with zero attached hydrogens (tertiary/aromatic N) is 2. The molecule has 0 radical (unpaired) electrons. The van der Waals surface area contributed by atoms with Crippen molar-refractivity contribution in [2.24, 2.45) is 0 Å². The number of halogens is 1. The fourth-order valence-electron chi connectivity index (χ4n) is 1.67. The molecule has 2 atom stereocenters. The van der Waals surface area contributed by atoms with Gasteiger partial charge in [-0.1, -0.05) is 0 Å². The highest BCUT2D eigenvalue weighted by molar-refractivity contribution is 5.25. The van der Waals surface area contributed by atoms with Gasteiger partial charge in [0.05, 0.1) is 6.61 Å². The summed E-state index contributed by atoms with van der Waals surface area (Å²) in [6, 6.07) is 1.42. The third kappa shape index (κ3) is 2.20. The van der Waals surface area contributed by atoms with Gasteiger partial charge in [0.1, 0.15) is 18.6 Å². The second-order valence-electron chi connectivity index (χ2n) is 3.63. The number of aromatic nitrogens is 2. The van der Waals surface area contributed by atoms with Crippen LogP contribution in [0.3, 0.4) is 0 Å². The molecule has 0 amide bonds. The SMILES string of the molecule is Nc1ccn([C@@H]2O[C@H](CO)C=C2CF)c(=O)n1. The second-order valence-corrected chi connectivity index (χ2v) is 3.63.